The number of anilines is 1. The second-order valence-electron chi connectivity index (χ2n) is 6.80. The van der Waals surface area contributed by atoms with Gasteiger partial charge >= 0.3 is 12.1 Å². The summed E-state index contributed by atoms with van der Waals surface area (Å²) in [6.07, 6.45) is -2.42. The first-order valence-electron chi connectivity index (χ1n) is 9.02. The monoisotopic (exact) mass is 410 g/mol. The van der Waals surface area contributed by atoms with Crippen LogP contribution in [0.1, 0.15) is 18.7 Å². The smallest absolute Gasteiger partial charge is 0.353 e. The van der Waals surface area contributed by atoms with Gasteiger partial charge in [0.25, 0.3) is 0 Å². The molecule has 1 N–H and O–H groups in total. The number of halogens is 3. The number of amides is 2. The third kappa shape index (κ3) is 4.00. The van der Waals surface area contributed by atoms with Crippen LogP contribution in [0.15, 0.2) is 22.9 Å². The Balaban J connectivity index is 1.36. The number of piperazine rings is 1. The molecule has 2 fully saturated rings. The Labute approximate surface area is 162 Å². The quantitative estimate of drug-likeness (QED) is 0.807. The summed E-state index contributed by atoms with van der Waals surface area (Å²) in [5.41, 5.74) is 0.304. The summed E-state index contributed by atoms with van der Waals surface area (Å²) in [5, 5.41) is 6.01. The van der Waals surface area contributed by atoms with Gasteiger partial charge in [-0.25, -0.2) is 4.98 Å². The second-order valence-corrected chi connectivity index (χ2v) is 6.80. The predicted octanol–water partition coefficient (Wildman–Crippen LogP) is 1.08. The zero-order chi connectivity index (χ0) is 20.6. The van der Waals surface area contributed by atoms with E-state index in [1.54, 1.807) is 17.0 Å². The van der Waals surface area contributed by atoms with E-state index in [9.17, 15) is 22.8 Å². The molecule has 1 unspecified atom stereocenters. The molecule has 0 aromatic carbocycles. The molecule has 2 aliphatic heterocycles. The van der Waals surface area contributed by atoms with Crippen LogP contribution >= 0.6 is 0 Å². The maximum Gasteiger partial charge on any atom is 0.471 e. The van der Waals surface area contributed by atoms with Gasteiger partial charge in [-0.15, -0.1) is 0 Å². The molecule has 0 spiro atoms. The van der Waals surface area contributed by atoms with Gasteiger partial charge in [-0.1, -0.05) is 5.16 Å². The first kappa shape index (κ1) is 19.2. The predicted molar refractivity (Wildman–Crippen MR) is 92.5 cm³/mol. The van der Waals surface area contributed by atoms with E-state index in [-0.39, 0.29) is 17.6 Å². The first-order chi connectivity index (χ1) is 13.8. The van der Waals surface area contributed by atoms with Crippen molar-refractivity contribution in [1.82, 2.24) is 25.3 Å². The summed E-state index contributed by atoms with van der Waals surface area (Å²) < 4.78 is 41.9. The lowest BCUT2D eigenvalue weighted by molar-refractivity contribution is -0.159. The van der Waals surface area contributed by atoms with Crippen LogP contribution in [-0.4, -0.2) is 64.1 Å². The van der Waals surface area contributed by atoms with Gasteiger partial charge in [-0.05, 0) is 18.6 Å². The van der Waals surface area contributed by atoms with Gasteiger partial charge in [-0.3, -0.25) is 9.59 Å². The molecule has 2 aliphatic rings. The molecule has 0 bridgehead atoms. The molecule has 4 heterocycles. The molecule has 2 amide bonds. The van der Waals surface area contributed by atoms with Gasteiger partial charge in [0.2, 0.25) is 17.6 Å². The van der Waals surface area contributed by atoms with Crippen molar-refractivity contribution in [2.24, 2.45) is 0 Å². The molecule has 0 radical (unpaired) electrons. The molecule has 1 atom stereocenters. The third-order valence-corrected chi connectivity index (χ3v) is 4.88. The Kier molecular flexibility index (Phi) is 4.84. The summed E-state index contributed by atoms with van der Waals surface area (Å²) in [7, 11) is 0. The van der Waals surface area contributed by atoms with Gasteiger partial charge in [0.15, 0.2) is 0 Å². The van der Waals surface area contributed by atoms with Crippen LogP contribution in [0.3, 0.4) is 0 Å². The maximum atomic E-state index is 12.6. The number of nitrogens with zero attached hydrogens (tertiary/aromatic N) is 5. The maximum absolute atomic E-state index is 12.6. The van der Waals surface area contributed by atoms with Crippen molar-refractivity contribution in [3.8, 4) is 11.4 Å². The topological polar surface area (TPSA) is 104 Å². The van der Waals surface area contributed by atoms with Gasteiger partial charge in [0.05, 0.1) is 0 Å². The molecule has 154 valence electrons. The number of alkyl halides is 3. The van der Waals surface area contributed by atoms with Crippen LogP contribution in [0.25, 0.3) is 11.4 Å². The van der Waals surface area contributed by atoms with Crippen molar-refractivity contribution in [2.75, 3.05) is 31.1 Å². The Bertz CT molecular complexity index is 906. The van der Waals surface area contributed by atoms with Crippen LogP contribution in [0, 0.1) is 0 Å². The van der Waals surface area contributed by atoms with Crippen molar-refractivity contribution in [3.63, 3.8) is 0 Å². The van der Waals surface area contributed by atoms with Gasteiger partial charge in [0, 0.05) is 44.4 Å². The van der Waals surface area contributed by atoms with E-state index in [0.717, 1.165) is 0 Å². The number of rotatable bonds is 3. The SMILES string of the molecule is O=C1CCC(C(=O)N2CCN(c3ccc(-c4noc(C(F)(F)F)n4)cn3)CC2)N1. The average molecular weight is 410 g/mol. The number of carbonyl (C=O) groups excluding carboxylic acids is 2. The fourth-order valence-electron chi connectivity index (χ4n) is 3.34. The normalized spacial score (nSPS) is 20.1. The molecular weight excluding hydrogens is 393 g/mol. The molecular formula is C17H17F3N6O3. The van der Waals surface area contributed by atoms with Crippen molar-refractivity contribution in [1.29, 1.82) is 0 Å². The Morgan fingerprint density at radius 2 is 1.97 bits per heavy atom. The molecule has 2 saturated heterocycles. The zero-order valence-electron chi connectivity index (χ0n) is 15.1. The Morgan fingerprint density at radius 1 is 1.21 bits per heavy atom. The molecule has 0 saturated carbocycles. The largest absolute Gasteiger partial charge is 0.471 e. The Hall–Kier alpha value is -3.18. The fourth-order valence-corrected chi connectivity index (χ4v) is 3.34. The summed E-state index contributed by atoms with van der Waals surface area (Å²) in [6, 6.07) is 2.79. The number of aromatic nitrogens is 3. The highest BCUT2D eigenvalue weighted by Gasteiger charge is 2.38. The minimum atomic E-state index is -4.70. The van der Waals surface area contributed by atoms with Crippen LogP contribution < -0.4 is 10.2 Å². The summed E-state index contributed by atoms with van der Waals surface area (Å²) >= 11 is 0. The highest BCUT2D eigenvalue weighted by Crippen LogP contribution is 2.29. The number of hydrogen-bond donors (Lipinski definition) is 1. The van der Waals surface area contributed by atoms with Crippen molar-refractivity contribution in [2.45, 2.75) is 25.1 Å². The number of hydrogen-bond acceptors (Lipinski definition) is 7. The van der Waals surface area contributed by atoms with Gasteiger partial charge in [-0.2, -0.15) is 18.2 Å². The highest BCUT2D eigenvalue weighted by molar-refractivity contribution is 5.90. The average Bonchev–Trinajstić information content (AvgIpc) is 3.37. The number of carbonyl (C=O) groups is 2. The molecule has 12 heteroatoms. The summed E-state index contributed by atoms with van der Waals surface area (Å²) in [5.74, 6) is -1.14. The van der Waals surface area contributed by atoms with Crippen LogP contribution in [0.4, 0.5) is 19.0 Å². The van der Waals surface area contributed by atoms with E-state index in [2.05, 4.69) is 25.0 Å². The fraction of sp³-hybridized carbons (Fsp3) is 0.471. The van der Waals surface area contributed by atoms with E-state index >= 15 is 0 Å². The van der Waals surface area contributed by atoms with Crippen LogP contribution in [0.5, 0.6) is 0 Å². The van der Waals surface area contributed by atoms with Gasteiger partial charge < -0.3 is 19.6 Å². The zero-order valence-corrected chi connectivity index (χ0v) is 15.1. The second kappa shape index (κ2) is 7.33. The molecule has 4 rings (SSSR count). The van der Waals surface area contributed by atoms with E-state index in [1.807, 2.05) is 4.90 Å². The third-order valence-electron chi connectivity index (χ3n) is 4.88. The molecule has 2 aromatic heterocycles. The molecule has 29 heavy (non-hydrogen) atoms. The lowest BCUT2D eigenvalue weighted by Crippen LogP contribution is -2.53. The molecule has 2 aromatic rings. The van der Waals surface area contributed by atoms with E-state index in [1.165, 1.54) is 6.20 Å². The minimum absolute atomic E-state index is 0.0728. The van der Waals surface area contributed by atoms with Crippen molar-refractivity contribution >= 4 is 17.6 Å². The van der Waals surface area contributed by atoms with Crippen LogP contribution in [-0.2, 0) is 15.8 Å². The van der Waals surface area contributed by atoms with Crippen LogP contribution in [0.2, 0.25) is 0 Å². The van der Waals surface area contributed by atoms with Crippen molar-refractivity contribution < 1.29 is 27.3 Å². The first-order valence-corrected chi connectivity index (χ1v) is 9.02. The number of pyridine rings is 1. The van der Waals surface area contributed by atoms with E-state index in [0.29, 0.717) is 50.4 Å². The van der Waals surface area contributed by atoms with Gasteiger partial charge in [0.1, 0.15) is 11.9 Å². The standard InChI is InChI=1S/C17H17F3N6O3/c18-17(19,20)16-23-14(24-29-16)10-1-3-12(21-9-10)25-5-7-26(8-6-25)15(28)11-2-4-13(27)22-11/h1,3,9,11H,2,4-8H2,(H,22,27). The lowest BCUT2D eigenvalue weighted by atomic mass is 10.2. The lowest BCUT2D eigenvalue weighted by Gasteiger charge is -2.36. The molecule has 0 aliphatic carbocycles. The minimum Gasteiger partial charge on any atom is -0.353 e. The highest BCUT2D eigenvalue weighted by atomic mass is 19.4. The van der Waals surface area contributed by atoms with E-state index in [4.69, 9.17) is 0 Å². The van der Waals surface area contributed by atoms with Crippen molar-refractivity contribution in [3.05, 3.63) is 24.2 Å². The summed E-state index contributed by atoms with van der Waals surface area (Å²) in [4.78, 5) is 35.0. The summed E-state index contributed by atoms with van der Waals surface area (Å²) in [6.45, 7) is 2.10. The molecule has 9 nitrogen and oxygen atoms in total. The Morgan fingerprint density at radius 3 is 2.52 bits per heavy atom. The van der Waals surface area contributed by atoms with E-state index < -0.39 is 18.1 Å². The number of nitrogens with one attached hydrogen (secondary N) is 1.